The third-order valence-electron chi connectivity index (χ3n) is 4.09. The normalized spacial score (nSPS) is 11.4. The zero-order chi connectivity index (χ0) is 15.8. The van der Waals surface area contributed by atoms with E-state index in [0.29, 0.717) is 0 Å². The largest absolute Gasteiger partial charge is 0.307 e. The molecule has 0 radical (unpaired) electrons. The van der Waals surface area contributed by atoms with Gasteiger partial charge in [0.15, 0.2) is 11.3 Å². The second-order valence-corrected chi connectivity index (χ2v) is 5.76. The number of nitrogens with zero attached hydrogens (tertiary/aromatic N) is 4. The highest BCUT2D eigenvalue weighted by Crippen LogP contribution is 2.27. The molecule has 4 aromatic rings. The zero-order valence-corrected chi connectivity index (χ0v) is 13.3. The highest BCUT2D eigenvalue weighted by atomic mass is 15.2. The number of hydrogen-bond donors (Lipinski definition) is 0. The Hall–Kier alpha value is -2.75. The van der Waals surface area contributed by atoms with Crippen molar-refractivity contribution in [1.29, 1.82) is 0 Å². The first-order valence-corrected chi connectivity index (χ1v) is 7.97. The van der Waals surface area contributed by atoms with Crippen LogP contribution < -0.4 is 0 Å². The van der Waals surface area contributed by atoms with E-state index in [9.17, 15) is 0 Å². The fourth-order valence-corrected chi connectivity index (χ4v) is 2.96. The van der Waals surface area contributed by atoms with Crippen LogP contribution in [-0.4, -0.2) is 19.5 Å². The van der Waals surface area contributed by atoms with Crippen LogP contribution in [-0.2, 0) is 6.54 Å². The Morgan fingerprint density at radius 2 is 1.57 bits per heavy atom. The van der Waals surface area contributed by atoms with Crippen LogP contribution >= 0.6 is 0 Å². The summed E-state index contributed by atoms with van der Waals surface area (Å²) in [7, 11) is 0. The summed E-state index contributed by atoms with van der Waals surface area (Å²) in [6, 6.07) is 16.3. The third-order valence-corrected chi connectivity index (χ3v) is 4.09. The molecule has 2 aromatic heterocycles. The molecule has 0 saturated heterocycles. The second-order valence-electron chi connectivity index (χ2n) is 5.76. The third kappa shape index (κ3) is 2.27. The molecule has 0 bridgehead atoms. The molecule has 0 spiro atoms. The average Bonchev–Trinajstić information content (AvgIpc) is 2.91. The number of benzene rings is 2. The summed E-state index contributed by atoms with van der Waals surface area (Å²) in [5, 5.41) is 0. The first-order chi connectivity index (χ1) is 11.3. The van der Waals surface area contributed by atoms with Crippen LogP contribution in [0.1, 0.15) is 18.9 Å². The van der Waals surface area contributed by atoms with Crippen molar-refractivity contribution in [2.24, 2.45) is 0 Å². The van der Waals surface area contributed by atoms with Gasteiger partial charge in [0.2, 0.25) is 0 Å². The molecule has 2 aromatic carbocycles. The van der Waals surface area contributed by atoms with E-state index in [0.717, 1.165) is 46.7 Å². The second kappa shape index (κ2) is 5.47. The Labute approximate surface area is 134 Å². The SMILES string of the molecule is CCCn1c(-c2ccccc2C)nc2nc3ccccc3nc21. The number of para-hydroxylation sites is 2. The highest BCUT2D eigenvalue weighted by Gasteiger charge is 2.16. The lowest BCUT2D eigenvalue weighted by atomic mass is 10.1. The predicted octanol–water partition coefficient (Wildman–Crippen LogP) is 4.36. The van der Waals surface area contributed by atoms with Gasteiger partial charge in [-0.15, -0.1) is 0 Å². The fraction of sp³-hybridized carbons (Fsp3) is 0.211. The van der Waals surface area contributed by atoms with Crippen molar-refractivity contribution in [2.45, 2.75) is 26.8 Å². The van der Waals surface area contributed by atoms with Gasteiger partial charge in [0.1, 0.15) is 5.82 Å². The van der Waals surface area contributed by atoms with E-state index in [1.807, 2.05) is 24.3 Å². The van der Waals surface area contributed by atoms with Gasteiger partial charge in [-0.05, 0) is 31.0 Å². The van der Waals surface area contributed by atoms with E-state index in [2.05, 4.69) is 42.7 Å². The highest BCUT2D eigenvalue weighted by molar-refractivity contribution is 5.85. The van der Waals surface area contributed by atoms with E-state index in [1.54, 1.807) is 0 Å². The van der Waals surface area contributed by atoms with Gasteiger partial charge in [-0.1, -0.05) is 43.3 Å². The topological polar surface area (TPSA) is 43.6 Å². The van der Waals surface area contributed by atoms with Crippen molar-refractivity contribution in [2.75, 3.05) is 0 Å². The Kier molecular flexibility index (Phi) is 3.30. The maximum absolute atomic E-state index is 4.81. The molecule has 0 atom stereocenters. The number of aromatic nitrogens is 4. The molecule has 4 heteroatoms. The van der Waals surface area contributed by atoms with E-state index in [-0.39, 0.29) is 0 Å². The van der Waals surface area contributed by atoms with Gasteiger partial charge >= 0.3 is 0 Å². The zero-order valence-electron chi connectivity index (χ0n) is 13.3. The van der Waals surface area contributed by atoms with Gasteiger partial charge in [-0.3, -0.25) is 0 Å². The molecule has 0 N–H and O–H groups in total. The molecular weight excluding hydrogens is 284 g/mol. The first kappa shape index (κ1) is 13.9. The summed E-state index contributed by atoms with van der Waals surface area (Å²) in [5.41, 5.74) is 5.74. The minimum absolute atomic E-state index is 0.718. The van der Waals surface area contributed by atoms with Crippen LogP contribution in [0.5, 0.6) is 0 Å². The predicted molar refractivity (Wildman–Crippen MR) is 93.3 cm³/mol. The van der Waals surface area contributed by atoms with Crippen molar-refractivity contribution in [3.63, 3.8) is 0 Å². The average molecular weight is 302 g/mol. The smallest absolute Gasteiger partial charge is 0.198 e. The van der Waals surface area contributed by atoms with Gasteiger partial charge in [0, 0.05) is 12.1 Å². The maximum Gasteiger partial charge on any atom is 0.198 e. The molecule has 23 heavy (non-hydrogen) atoms. The number of imidazole rings is 1. The van der Waals surface area contributed by atoms with Crippen molar-refractivity contribution in [3.05, 3.63) is 54.1 Å². The lowest BCUT2D eigenvalue weighted by Gasteiger charge is -2.09. The van der Waals surface area contributed by atoms with Gasteiger partial charge in [-0.25, -0.2) is 15.0 Å². The Bertz CT molecular complexity index is 1000. The molecule has 0 amide bonds. The van der Waals surface area contributed by atoms with Crippen LogP contribution in [0.4, 0.5) is 0 Å². The van der Waals surface area contributed by atoms with Crippen molar-refractivity contribution >= 4 is 22.3 Å². The molecule has 114 valence electrons. The number of rotatable bonds is 3. The monoisotopic (exact) mass is 302 g/mol. The number of fused-ring (bicyclic) bond motifs is 2. The van der Waals surface area contributed by atoms with Crippen LogP contribution in [0.15, 0.2) is 48.5 Å². The van der Waals surface area contributed by atoms with E-state index >= 15 is 0 Å². The summed E-state index contributed by atoms with van der Waals surface area (Å²) in [5.74, 6) is 0.954. The minimum atomic E-state index is 0.718. The summed E-state index contributed by atoms with van der Waals surface area (Å²) in [4.78, 5) is 14.3. The molecule has 0 aliphatic rings. The van der Waals surface area contributed by atoms with E-state index < -0.39 is 0 Å². The van der Waals surface area contributed by atoms with Gasteiger partial charge in [-0.2, -0.15) is 0 Å². The van der Waals surface area contributed by atoms with Crippen molar-refractivity contribution in [3.8, 4) is 11.4 Å². The lowest BCUT2D eigenvalue weighted by Crippen LogP contribution is -2.02. The minimum Gasteiger partial charge on any atom is -0.307 e. The van der Waals surface area contributed by atoms with Crippen LogP contribution in [0.25, 0.3) is 33.7 Å². The van der Waals surface area contributed by atoms with Crippen LogP contribution in [0, 0.1) is 6.92 Å². The number of hydrogen-bond acceptors (Lipinski definition) is 3. The standard InChI is InChI=1S/C19H18N4/c1-3-12-23-18(14-9-5-4-8-13(14)2)22-17-19(23)21-16-11-7-6-10-15(16)20-17/h4-11H,3,12H2,1-2H3. The fourth-order valence-electron chi connectivity index (χ4n) is 2.96. The quantitative estimate of drug-likeness (QED) is 0.564. The molecule has 0 unspecified atom stereocenters. The van der Waals surface area contributed by atoms with E-state index in [4.69, 9.17) is 15.0 Å². The maximum atomic E-state index is 4.81. The first-order valence-electron chi connectivity index (χ1n) is 7.97. The summed E-state index contributed by atoms with van der Waals surface area (Å²) < 4.78 is 2.19. The summed E-state index contributed by atoms with van der Waals surface area (Å²) >= 11 is 0. The van der Waals surface area contributed by atoms with Crippen molar-refractivity contribution < 1.29 is 0 Å². The van der Waals surface area contributed by atoms with Crippen LogP contribution in [0.3, 0.4) is 0 Å². The van der Waals surface area contributed by atoms with Crippen molar-refractivity contribution in [1.82, 2.24) is 19.5 Å². The Morgan fingerprint density at radius 3 is 2.30 bits per heavy atom. The van der Waals surface area contributed by atoms with E-state index in [1.165, 1.54) is 5.56 Å². The van der Waals surface area contributed by atoms with Gasteiger partial charge in [0.05, 0.1) is 11.0 Å². The Morgan fingerprint density at radius 1 is 0.870 bits per heavy atom. The molecule has 0 fully saturated rings. The molecule has 2 heterocycles. The Balaban J connectivity index is 2.05. The molecule has 0 saturated carbocycles. The summed E-state index contributed by atoms with van der Waals surface area (Å²) in [6.45, 7) is 5.16. The molecular formula is C19H18N4. The van der Waals surface area contributed by atoms with Gasteiger partial charge < -0.3 is 4.57 Å². The van der Waals surface area contributed by atoms with Gasteiger partial charge in [0.25, 0.3) is 0 Å². The lowest BCUT2D eigenvalue weighted by molar-refractivity contribution is 0.699. The molecule has 0 aliphatic heterocycles. The summed E-state index contributed by atoms with van der Waals surface area (Å²) in [6.07, 6.45) is 1.03. The molecule has 4 nitrogen and oxygen atoms in total. The molecule has 4 rings (SSSR count). The van der Waals surface area contributed by atoms with Crippen LogP contribution in [0.2, 0.25) is 0 Å². The molecule has 0 aliphatic carbocycles. The number of aryl methyl sites for hydroxylation is 2.